The Hall–Kier alpha value is -4.08. The maximum atomic E-state index is 14.2. The lowest BCUT2D eigenvalue weighted by molar-refractivity contribution is -0.143. The molecule has 2 rings (SSSR count). The number of primary amides is 1. The van der Waals surface area contributed by atoms with Gasteiger partial charge >= 0.3 is 6.09 Å². The molecule has 0 aliphatic carbocycles. The van der Waals surface area contributed by atoms with Crippen LogP contribution in [0.15, 0.2) is 54.6 Å². The maximum Gasteiger partial charge on any atom is 0.408 e. The second-order valence-corrected chi connectivity index (χ2v) is 11.4. The number of phenolic OH excluding ortho intramolecular Hbond substituents is 1. The van der Waals surface area contributed by atoms with Crippen molar-refractivity contribution in [3.63, 3.8) is 0 Å². The van der Waals surface area contributed by atoms with E-state index in [-0.39, 0.29) is 31.7 Å². The fraction of sp³-hybridized carbons (Fsp3) is 0.500. The van der Waals surface area contributed by atoms with E-state index in [0.29, 0.717) is 12.0 Å². The van der Waals surface area contributed by atoms with Gasteiger partial charge in [-0.3, -0.25) is 14.4 Å². The van der Waals surface area contributed by atoms with Crippen molar-refractivity contribution in [1.82, 2.24) is 15.5 Å². The summed E-state index contributed by atoms with van der Waals surface area (Å²) in [5, 5.41) is 15.8. The number of hydrogen-bond donors (Lipinski definition) is 4. The average molecular weight is 583 g/mol. The molecule has 0 aromatic heterocycles. The summed E-state index contributed by atoms with van der Waals surface area (Å²) in [6.07, 6.45) is 3.45. The molecule has 10 heteroatoms. The first kappa shape index (κ1) is 34.1. The van der Waals surface area contributed by atoms with E-state index in [0.717, 1.165) is 31.2 Å². The number of phenols is 1. The van der Waals surface area contributed by atoms with Gasteiger partial charge in [-0.05, 0) is 56.9 Å². The molecule has 230 valence electrons. The number of nitrogens with two attached hydrogens (primary N) is 1. The SMILES string of the molecule is CCCCCCCN(C(=O)C(CCC(N)=O)NC(=O)OC(C)(C)C)C(C(=O)NCc1ccccc1)c1cccc(O)c1. The van der Waals surface area contributed by atoms with Crippen LogP contribution in [-0.4, -0.2) is 52.0 Å². The highest BCUT2D eigenvalue weighted by Crippen LogP contribution is 2.27. The summed E-state index contributed by atoms with van der Waals surface area (Å²) in [6, 6.07) is 13.3. The van der Waals surface area contributed by atoms with Gasteiger partial charge < -0.3 is 31.1 Å². The van der Waals surface area contributed by atoms with Crippen molar-refractivity contribution in [1.29, 1.82) is 0 Å². The average Bonchev–Trinajstić information content (AvgIpc) is 2.92. The Bertz CT molecular complexity index is 1170. The molecular weight excluding hydrogens is 536 g/mol. The Morgan fingerprint density at radius 1 is 0.976 bits per heavy atom. The number of ether oxygens (including phenoxy) is 1. The first-order chi connectivity index (χ1) is 19.9. The maximum absolute atomic E-state index is 14.2. The standard InChI is InChI=1S/C32H46N4O6/c1-5-6-7-8-12-20-36(30(40)26(18-19-27(33)38)35-31(41)42-32(2,3)4)28(24-16-13-17-25(37)21-24)29(39)34-22-23-14-10-9-11-15-23/h9-11,13-17,21,26,28,37H,5-8,12,18-20,22H2,1-4H3,(H2,33,38)(H,34,39)(H,35,41). The van der Waals surface area contributed by atoms with Gasteiger partial charge in [0.2, 0.25) is 17.7 Å². The number of hydrogen-bond acceptors (Lipinski definition) is 6. The van der Waals surface area contributed by atoms with Gasteiger partial charge in [0.15, 0.2) is 0 Å². The molecule has 0 saturated heterocycles. The van der Waals surface area contributed by atoms with E-state index in [1.165, 1.54) is 17.0 Å². The molecule has 42 heavy (non-hydrogen) atoms. The molecule has 2 unspecified atom stereocenters. The van der Waals surface area contributed by atoms with Crippen molar-refractivity contribution in [2.24, 2.45) is 5.73 Å². The van der Waals surface area contributed by atoms with Crippen molar-refractivity contribution < 1.29 is 29.0 Å². The Morgan fingerprint density at radius 2 is 1.67 bits per heavy atom. The van der Waals surface area contributed by atoms with Crippen LogP contribution in [0.1, 0.15) is 89.8 Å². The molecule has 10 nitrogen and oxygen atoms in total. The normalized spacial score (nSPS) is 12.6. The first-order valence-electron chi connectivity index (χ1n) is 14.6. The third kappa shape index (κ3) is 12.2. The molecule has 0 saturated carbocycles. The van der Waals surface area contributed by atoms with Crippen LogP contribution in [0.4, 0.5) is 4.79 Å². The van der Waals surface area contributed by atoms with E-state index in [4.69, 9.17) is 10.5 Å². The molecular formula is C32H46N4O6. The zero-order valence-corrected chi connectivity index (χ0v) is 25.2. The van der Waals surface area contributed by atoms with E-state index in [1.54, 1.807) is 32.9 Å². The molecule has 4 amide bonds. The number of carbonyl (C=O) groups excluding carboxylic acids is 4. The van der Waals surface area contributed by atoms with Crippen LogP contribution in [0, 0.1) is 0 Å². The summed E-state index contributed by atoms with van der Waals surface area (Å²) in [5.41, 5.74) is 5.86. The van der Waals surface area contributed by atoms with E-state index in [2.05, 4.69) is 17.6 Å². The minimum absolute atomic E-state index is 0.0548. The quantitative estimate of drug-likeness (QED) is 0.211. The van der Waals surface area contributed by atoms with Gasteiger partial charge in [0.25, 0.3) is 0 Å². The van der Waals surface area contributed by atoms with Gasteiger partial charge in [-0.25, -0.2) is 4.79 Å². The molecule has 2 aromatic rings. The zero-order valence-electron chi connectivity index (χ0n) is 25.2. The van der Waals surface area contributed by atoms with Gasteiger partial charge in [-0.15, -0.1) is 0 Å². The van der Waals surface area contributed by atoms with E-state index in [1.807, 2.05) is 30.3 Å². The van der Waals surface area contributed by atoms with E-state index >= 15 is 0 Å². The summed E-state index contributed by atoms with van der Waals surface area (Å²) in [6.45, 7) is 7.65. The fourth-order valence-corrected chi connectivity index (χ4v) is 4.50. The molecule has 2 aromatic carbocycles. The second kappa shape index (κ2) is 17.0. The predicted molar refractivity (Wildman–Crippen MR) is 161 cm³/mol. The number of alkyl carbamates (subject to hydrolysis) is 1. The monoisotopic (exact) mass is 582 g/mol. The van der Waals surface area contributed by atoms with Gasteiger partial charge in [-0.2, -0.15) is 0 Å². The van der Waals surface area contributed by atoms with Gasteiger partial charge in [0.1, 0.15) is 23.4 Å². The fourth-order valence-electron chi connectivity index (χ4n) is 4.50. The lowest BCUT2D eigenvalue weighted by atomic mass is 10.00. The van der Waals surface area contributed by atoms with Crippen LogP contribution in [0.2, 0.25) is 0 Å². The van der Waals surface area contributed by atoms with Gasteiger partial charge in [0.05, 0.1) is 0 Å². The Labute approximate surface area is 249 Å². The van der Waals surface area contributed by atoms with Gasteiger partial charge in [0, 0.05) is 19.5 Å². The molecule has 0 heterocycles. The predicted octanol–water partition coefficient (Wildman–Crippen LogP) is 4.71. The minimum Gasteiger partial charge on any atom is -0.508 e. The van der Waals surface area contributed by atoms with Crippen molar-refractivity contribution in [2.45, 2.75) is 96.9 Å². The van der Waals surface area contributed by atoms with E-state index < -0.39 is 41.5 Å². The van der Waals surface area contributed by atoms with Crippen molar-refractivity contribution in [2.75, 3.05) is 6.54 Å². The summed E-state index contributed by atoms with van der Waals surface area (Å²) in [4.78, 5) is 53.9. The van der Waals surface area contributed by atoms with Crippen molar-refractivity contribution >= 4 is 23.8 Å². The minimum atomic E-state index is -1.18. The van der Waals surface area contributed by atoms with Crippen LogP contribution in [0.25, 0.3) is 0 Å². The summed E-state index contributed by atoms with van der Waals surface area (Å²) >= 11 is 0. The number of carbonyl (C=O) groups is 4. The summed E-state index contributed by atoms with van der Waals surface area (Å²) < 4.78 is 5.38. The molecule has 0 spiro atoms. The number of nitrogens with zero attached hydrogens (tertiary/aromatic N) is 1. The van der Waals surface area contributed by atoms with Crippen LogP contribution < -0.4 is 16.4 Å². The van der Waals surface area contributed by atoms with Gasteiger partial charge in [-0.1, -0.05) is 75.1 Å². The summed E-state index contributed by atoms with van der Waals surface area (Å²) in [7, 11) is 0. The highest BCUT2D eigenvalue weighted by atomic mass is 16.6. The van der Waals surface area contributed by atoms with Crippen LogP contribution in [0.3, 0.4) is 0 Å². The highest BCUT2D eigenvalue weighted by molar-refractivity contribution is 5.92. The number of benzene rings is 2. The Kier molecular flexibility index (Phi) is 13.8. The molecule has 2 atom stereocenters. The number of rotatable bonds is 16. The second-order valence-electron chi connectivity index (χ2n) is 11.4. The number of unbranched alkanes of at least 4 members (excludes halogenated alkanes) is 4. The molecule has 0 radical (unpaired) electrons. The van der Waals surface area contributed by atoms with Crippen molar-refractivity contribution in [3.8, 4) is 5.75 Å². The van der Waals surface area contributed by atoms with E-state index in [9.17, 15) is 24.3 Å². The van der Waals surface area contributed by atoms with Crippen molar-refractivity contribution in [3.05, 3.63) is 65.7 Å². The Balaban J connectivity index is 2.48. The third-order valence-electron chi connectivity index (χ3n) is 6.51. The van der Waals surface area contributed by atoms with Crippen LogP contribution in [-0.2, 0) is 25.7 Å². The number of aromatic hydroxyl groups is 1. The lowest BCUT2D eigenvalue weighted by Crippen LogP contribution is -2.53. The largest absolute Gasteiger partial charge is 0.508 e. The van der Waals surface area contributed by atoms with Crippen LogP contribution >= 0.6 is 0 Å². The summed E-state index contributed by atoms with van der Waals surface area (Å²) in [5.74, 6) is -1.69. The number of nitrogens with one attached hydrogen (secondary N) is 2. The molecule has 0 aliphatic rings. The van der Waals surface area contributed by atoms with Crippen LogP contribution in [0.5, 0.6) is 5.75 Å². The highest BCUT2D eigenvalue weighted by Gasteiger charge is 2.36. The molecule has 0 fully saturated rings. The Morgan fingerprint density at radius 3 is 2.29 bits per heavy atom. The zero-order chi connectivity index (χ0) is 31.1. The lowest BCUT2D eigenvalue weighted by Gasteiger charge is -2.34. The number of amides is 4. The smallest absolute Gasteiger partial charge is 0.408 e. The third-order valence-corrected chi connectivity index (χ3v) is 6.51. The molecule has 0 bridgehead atoms. The first-order valence-corrected chi connectivity index (χ1v) is 14.6. The molecule has 0 aliphatic heterocycles. The topological polar surface area (TPSA) is 151 Å². The molecule has 5 N–H and O–H groups in total.